The quantitative estimate of drug-likeness (QED) is 0.604. The first kappa shape index (κ1) is 16.5. The van der Waals surface area contributed by atoms with Gasteiger partial charge in [-0.1, -0.05) is 0 Å². The lowest BCUT2D eigenvalue weighted by Gasteiger charge is -2.15. The van der Waals surface area contributed by atoms with Crippen molar-refractivity contribution in [3.63, 3.8) is 0 Å². The summed E-state index contributed by atoms with van der Waals surface area (Å²) in [4.78, 5) is 23.4. The molecule has 0 atom stereocenters. The van der Waals surface area contributed by atoms with Crippen molar-refractivity contribution < 1.29 is 23.8 Å². The number of carbonyl (C=O) groups excluding carboxylic acids is 2. The Kier molecular flexibility index (Phi) is 5.01. The Bertz CT molecular complexity index is 749. The molecular formula is C18H18O5. The van der Waals surface area contributed by atoms with Crippen LogP contribution in [0.1, 0.15) is 27.6 Å². The lowest BCUT2D eigenvalue weighted by atomic mass is 9.93. The summed E-state index contributed by atoms with van der Waals surface area (Å²) in [5.41, 5.74) is 2.10. The predicted octanol–water partition coefficient (Wildman–Crippen LogP) is 3.39. The smallest absolute Gasteiger partial charge is 0.161 e. The zero-order valence-electron chi connectivity index (χ0n) is 13.5. The number of aldehydes is 1. The van der Waals surface area contributed by atoms with Crippen LogP contribution >= 0.6 is 0 Å². The van der Waals surface area contributed by atoms with E-state index in [0.29, 0.717) is 39.5 Å². The second-order valence-electron chi connectivity index (χ2n) is 4.88. The van der Waals surface area contributed by atoms with Crippen molar-refractivity contribution in [1.29, 1.82) is 0 Å². The van der Waals surface area contributed by atoms with Gasteiger partial charge in [0.15, 0.2) is 23.6 Å². The van der Waals surface area contributed by atoms with Gasteiger partial charge in [0.25, 0.3) is 0 Å². The van der Waals surface area contributed by atoms with Gasteiger partial charge in [-0.15, -0.1) is 0 Å². The van der Waals surface area contributed by atoms with E-state index in [1.165, 1.54) is 21.1 Å². The third-order valence-corrected chi connectivity index (χ3v) is 3.58. The number of ether oxygens (including phenoxy) is 3. The van der Waals surface area contributed by atoms with Crippen LogP contribution in [-0.4, -0.2) is 33.4 Å². The Labute approximate surface area is 134 Å². The molecule has 5 heteroatoms. The molecule has 2 aromatic carbocycles. The topological polar surface area (TPSA) is 61.8 Å². The minimum absolute atomic E-state index is 0.103. The molecule has 0 unspecified atom stereocenters. The van der Waals surface area contributed by atoms with Crippen molar-refractivity contribution >= 4 is 12.1 Å². The van der Waals surface area contributed by atoms with Gasteiger partial charge in [-0.3, -0.25) is 9.59 Å². The number of carbonyl (C=O) groups is 2. The highest BCUT2D eigenvalue weighted by molar-refractivity contribution is 6.03. The molecule has 2 rings (SSSR count). The van der Waals surface area contributed by atoms with Crippen LogP contribution < -0.4 is 14.2 Å². The maximum absolute atomic E-state index is 11.9. The minimum atomic E-state index is -0.103. The highest BCUT2D eigenvalue weighted by Crippen LogP contribution is 2.37. The number of methoxy groups -OCH3 is 3. The fourth-order valence-electron chi connectivity index (χ4n) is 2.41. The fraction of sp³-hybridized carbons (Fsp3) is 0.222. The first-order valence-corrected chi connectivity index (χ1v) is 6.96. The highest BCUT2D eigenvalue weighted by atomic mass is 16.5. The standard InChI is InChI=1S/C18H18O5/c1-11(20)14-6-5-13(21-2)8-16(14)15-9-18(23-4)17(22-3)7-12(15)10-19/h5-10H,1-4H3. The van der Waals surface area contributed by atoms with E-state index in [0.717, 1.165) is 6.29 Å². The van der Waals surface area contributed by atoms with E-state index in [2.05, 4.69) is 0 Å². The number of ketones is 1. The van der Waals surface area contributed by atoms with Gasteiger partial charge < -0.3 is 14.2 Å². The molecule has 0 aliphatic rings. The molecule has 0 amide bonds. The van der Waals surface area contributed by atoms with Crippen molar-refractivity contribution in [2.45, 2.75) is 6.92 Å². The zero-order chi connectivity index (χ0) is 17.0. The molecule has 2 aromatic rings. The summed E-state index contributed by atoms with van der Waals surface area (Å²) >= 11 is 0. The van der Waals surface area contributed by atoms with Crippen molar-refractivity contribution in [2.75, 3.05) is 21.3 Å². The van der Waals surface area contributed by atoms with E-state index < -0.39 is 0 Å². The lowest BCUT2D eigenvalue weighted by Crippen LogP contribution is -2.01. The van der Waals surface area contributed by atoms with Gasteiger partial charge in [-0.25, -0.2) is 0 Å². The Hall–Kier alpha value is -2.82. The maximum Gasteiger partial charge on any atom is 0.161 e. The fourth-order valence-corrected chi connectivity index (χ4v) is 2.41. The summed E-state index contributed by atoms with van der Waals surface area (Å²) in [7, 11) is 4.56. The first-order chi connectivity index (χ1) is 11.0. The maximum atomic E-state index is 11.9. The Morgan fingerprint density at radius 1 is 0.913 bits per heavy atom. The van der Waals surface area contributed by atoms with Crippen LogP contribution in [0.25, 0.3) is 11.1 Å². The monoisotopic (exact) mass is 314 g/mol. The molecule has 0 saturated heterocycles. The summed E-state index contributed by atoms with van der Waals surface area (Å²) in [5.74, 6) is 1.42. The van der Waals surface area contributed by atoms with Crippen LogP contribution in [0.15, 0.2) is 30.3 Å². The molecule has 0 aliphatic heterocycles. The summed E-state index contributed by atoms with van der Waals surface area (Å²) in [6, 6.07) is 8.39. The predicted molar refractivity (Wildman–Crippen MR) is 86.9 cm³/mol. The molecule has 0 aliphatic carbocycles. The zero-order valence-corrected chi connectivity index (χ0v) is 13.5. The van der Waals surface area contributed by atoms with E-state index in [9.17, 15) is 9.59 Å². The second-order valence-corrected chi connectivity index (χ2v) is 4.88. The largest absolute Gasteiger partial charge is 0.497 e. The van der Waals surface area contributed by atoms with Gasteiger partial charge in [-0.2, -0.15) is 0 Å². The molecule has 0 saturated carbocycles. The Morgan fingerprint density at radius 2 is 1.57 bits per heavy atom. The molecule has 0 aromatic heterocycles. The third-order valence-electron chi connectivity index (χ3n) is 3.58. The number of rotatable bonds is 6. The molecule has 0 radical (unpaired) electrons. The van der Waals surface area contributed by atoms with Crippen molar-refractivity contribution in [3.8, 4) is 28.4 Å². The van der Waals surface area contributed by atoms with Crippen LogP contribution in [0.3, 0.4) is 0 Å². The molecule has 0 bridgehead atoms. The van der Waals surface area contributed by atoms with E-state index in [1.807, 2.05) is 0 Å². The average Bonchev–Trinajstić information content (AvgIpc) is 2.59. The first-order valence-electron chi connectivity index (χ1n) is 6.96. The van der Waals surface area contributed by atoms with Crippen LogP contribution in [0.5, 0.6) is 17.2 Å². The van der Waals surface area contributed by atoms with Gasteiger partial charge in [0.05, 0.1) is 21.3 Å². The SMILES string of the molecule is COc1ccc(C(C)=O)c(-c2cc(OC)c(OC)cc2C=O)c1. The number of hydrogen-bond donors (Lipinski definition) is 0. The number of Topliss-reactive ketones (excluding diaryl/α,β-unsaturated/α-hetero) is 1. The summed E-state index contributed by atoms with van der Waals surface area (Å²) in [6.45, 7) is 1.48. The van der Waals surface area contributed by atoms with Crippen LogP contribution in [0.4, 0.5) is 0 Å². The number of benzene rings is 2. The second kappa shape index (κ2) is 6.96. The van der Waals surface area contributed by atoms with Gasteiger partial charge in [0, 0.05) is 11.1 Å². The normalized spacial score (nSPS) is 10.1. The van der Waals surface area contributed by atoms with Gasteiger partial charge >= 0.3 is 0 Å². The van der Waals surface area contributed by atoms with E-state index in [-0.39, 0.29) is 5.78 Å². The van der Waals surface area contributed by atoms with Crippen LogP contribution in [0, 0.1) is 0 Å². The lowest BCUT2D eigenvalue weighted by molar-refractivity contribution is 0.101. The summed E-state index contributed by atoms with van der Waals surface area (Å²) in [6.07, 6.45) is 0.723. The van der Waals surface area contributed by atoms with Crippen molar-refractivity contribution in [3.05, 3.63) is 41.5 Å². The Balaban J connectivity index is 2.79. The molecule has 120 valence electrons. The molecular weight excluding hydrogens is 296 g/mol. The van der Waals surface area contributed by atoms with E-state index >= 15 is 0 Å². The number of hydrogen-bond acceptors (Lipinski definition) is 5. The van der Waals surface area contributed by atoms with Crippen molar-refractivity contribution in [2.24, 2.45) is 0 Å². The van der Waals surface area contributed by atoms with E-state index in [4.69, 9.17) is 14.2 Å². The molecule has 0 spiro atoms. The Morgan fingerprint density at radius 3 is 2.09 bits per heavy atom. The molecule has 5 nitrogen and oxygen atoms in total. The molecule has 0 fully saturated rings. The third kappa shape index (κ3) is 3.18. The van der Waals surface area contributed by atoms with Gasteiger partial charge in [0.1, 0.15) is 5.75 Å². The van der Waals surface area contributed by atoms with Crippen LogP contribution in [-0.2, 0) is 0 Å². The van der Waals surface area contributed by atoms with Crippen LogP contribution in [0.2, 0.25) is 0 Å². The van der Waals surface area contributed by atoms with Gasteiger partial charge in [0.2, 0.25) is 0 Å². The van der Waals surface area contributed by atoms with Crippen molar-refractivity contribution in [1.82, 2.24) is 0 Å². The highest BCUT2D eigenvalue weighted by Gasteiger charge is 2.17. The summed E-state index contributed by atoms with van der Waals surface area (Å²) in [5, 5.41) is 0. The molecule has 0 N–H and O–H groups in total. The molecule has 0 heterocycles. The summed E-state index contributed by atoms with van der Waals surface area (Å²) < 4.78 is 15.7. The van der Waals surface area contributed by atoms with Gasteiger partial charge in [-0.05, 0) is 48.4 Å². The minimum Gasteiger partial charge on any atom is -0.497 e. The molecule has 23 heavy (non-hydrogen) atoms. The van der Waals surface area contributed by atoms with E-state index in [1.54, 1.807) is 37.4 Å². The average molecular weight is 314 g/mol.